The van der Waals surface area contributed by atoms with Crippen LogP contribution in [0.5, 0.6) is 5.75 Å². The molecule has 1 rings (SSSR count). The summed E-state index contributed by atoms with van der Waals surface area (Å²) in [4.78, 5) is 23.0. The second-order valence-electron chi connectivity index (χ2n) is 5.65. The van der Waals surface area contributed by atoms with E-state index >= 15 is 0 Å². The van der Waals surface area contributed by atoms with Gasteiger partial charge in [-0.25, -0.2) is 0 Å². The van der Waals surface area contributed by atoms with Crippen LogP contribution in [0.25, 0.3) is 0 Å². The number of carbonyl (C=O) groups excluding carboxylic acids is 2. The standard InChI is InChI=1S/C18H28N2O3/c1-15-6-9-17(10-7-15)23-14-3-2-13-20-18(22)11-8-16(21)5-4-12-19/h6-7,9-10H,2-5,8,11-14,19H2,1H3,(H,20,22). The van der Waals surface area contributed by atoms with Crippen molar-refractivity contribution < 1.29 is 14.3 Å². The molecule has 0 bridgehead atoms. The van der Waals surface area contributed by atoms with Gasteiger partial charge in [-0.2, -0.15) is 0 Å². The second kappa shape index (κ2) is 11.7. The monoisotopic (exact) mass is 320 g/mol. The van der Waals surface area contributed by atoms with Crippen LogP contribution in [-0.4, -0.2) is 31.4 Å². The zero-order valence-electron chi connectivity index (χ0n) is 14.0. The number of hydrogen-bond donors (Lipinski definition) is 2. The van der Waals surface area contributed by atoms with Gasteiger partial charge in [0.15, 0.2) is 0 Å². The normalized spacial score (nSPS) is 10.3. The summed E-state index contributed by atoms with van der Waals surface area (Å²) in [6.07, 6.45) is 3.48. The molecule has 128 valence electrons. The predicted molar refractivity (Wildman–Crippen MR) is 91.4 cm³/mol. The fourth-order valence-corrected chi connectivity index (χ4v) is 2.04. The molecule has 0 saturated heterocycles. The molecule has 3 N–H and O–H groups in total. The summed E-state index contributed by atoms with van der Waals surface area (Å²) in [5, 5.41) is 2.83. The van der Waals surface area contributed by atoms with Crippen molar-refractivity contribution in [1.29, 1.82) is 0 Å². The minimum atomic E-state index is -0.0643. The predicted octanol–water partition coefficient (Wildman–Crippen LogP) is 2.36. The lowest BCUT2D eigenvalue weighted by atomic mass is 10.1. The van der Waals surface area contributed by atoms with E-state index in [1.807, 2.05) is 31.2 Å². The Morgan fingerprint density at radius 2 is 1.78 bits per heavy atom. The van der Waals surface area contributed by atoms with Crippen molar-refractivity contribution in [1.82, 2.24) is 5.32 Å². The Hall–Kier alpha value is -1.88. The molecule has 0 spiro atoms. The Balaban J connectivity index is 1.98. The molecule has 0 aliphatic rings. The SMILES string of the molecule is Cc1ccc(OCCCCNC(=O)CCC(=O)CCCN)cc1. The number of amides is 1. The van der Waals surface area contributed by atoms with Crippen molar-refractivity contribution in [2.45, 2.75) is 45.4 Å². The number of hydrogen-bond acceptors (Lipinski definition) is 4. The third-order valence-corrected chi connectivity index (χ3v) is 3.47. The van der Waals surface area contributed by atoms with Crippen LogP contribution in [0.4, 0.5) is 0 Å². The molecule has 0 fully saturated rings. The maximum absolute atomic E-state index is 11.6. The van der Waals surface area contributed by atoms with Crippen LogP contribution in [-0.2, 0) is 9.59 Å². The highest BCUT2D eigenvalue weighted by Crippen LogP contribution is 2.11. The smallest absolute Gasteiger partial charge is 0.220 e. The van der Waals surface area contributed by atoms with Gasteiger partial charge >= 0.3 is 0 Å². The highest BCUT2D eigenvalue weighted by molar-refractivity contribution is 5.84. The Labute approximate surface area is 138 Å². The van der Waals surface area contributed by atoms with Gasteiger partial charge in [-0.05, 0) is 44.9 Å². The summed E-state index contributed by atoms with van der Waals surface area (Å²) in [7, 11) is 0. The van der Waals surface area contributed by atoms with Crippen molar-refractivity contribution in [2.75, 3.05) is 19.7 Å². The van der Waals surface area contributed by atoms with E-state index < -0.39 is 0 Å². The summed E-state index contributed by atoms with van der Waals surface area (Å²) in [6, 6.07) is 7.95. The molecule has 5 heteroatoms. The van der Waals surface area contributed by atoms with Gasteiger partial charge in [-0.3, -0.25) is 9.59 Å². The summed E-state index contributed by atoms with van der Waals surface area (Å²) in [5.41, 5.74) is 6.55. The Morgan fingerprint density at radius 3 is 2.48 bits per heavy atom. The highest BCUT2D eigenvalue weighted by Gasteiger charge is 2.06. The van der Waals surface area contributed by atoms with Crippen LogP contribution < -0.4 is 15.8 Å². The van der Waals surface area contributed by atoms with Crippen LogP contribution in [0, 0.1) is 6.92 Å². The van der Waals surface area contributed by atoms with Crippen LogP contribution in [0.2, 0.25) is 0 Å². The van der Waals surface area contributed by atoms with Crippen molar-refractivity contribution in [3.05, 3.63) is 29.8 Å². The third-order valence-electron chi connectivity index (χ3n) is 3.47. The fourth-order valence-electron chi connectivity index (χ4n) is 2.04. The van der Waals surface area contributed by atoms with Crippen LogP contribution >= 0.6 is 0 Å². The molecular formula is C18H28N2O3. The lowest BCUT2D eigenvalue weighted by molar-refractivity contribution is -0.125. The number of rotatable bonds is 12. The van der Waals surface area contributed by atoms with Gasteiger partial charge < -0.3 is 15.8 Å². The van der Waals surface area contributed by atoms with E-state index in [2.05, 4.69) is 5.32 Å². The quantitative estimate of drug-likeness (QED) is 0.579. The lowest BCUT2D eigenvalue weighted by Gasteiger charge is -2.07. The fraction of sp³-hybridized carbons (Fsp3) is 0.556. The highest BCUT2D eigenvalue weighted by atomic mass is 16.5. The first-order chi connectivity index (χ1) is 11.1. The third kappa shape index (κ3) is 9.68. The van der Waals surface area contributed by atoms with E-state index in [0.717, 1.165) is 18.6 Å². The number of ketones is 1. The number of Topliss-reactive ketones (excluding diaryl/α,β-unsaturated/α-hetero) is 1. The number of ether oxygens (including phenoxy) is 1. The summed E-state index contributed by atoms with van der Waals surface area (Å²) in [5.74, 6) is 0.915. The van der Waals surface area contributed by atoms with Gasteiger partial charge in [0, 0.05) is 25.8 Å². The van der Waals surface area contributed by atoms with E-state index in [1.54, 1.807) is 0 Å². The number of benzene rings is 1. The van der Waals surface area contributed by atoms with Gasteiger partial charge in [0.25, 0.3) is 0 Å². The second-order valence-corrected chi connectivity index (χ2v) is 5.65. The first-order valence-electron chi connectivity index (χ1n) is 8.29. The van der Waals surface area contributed by atoms with Gasteiger partial charge in [0.05, 0.1) is 6.61 Å². The zero-order valence-corrected chi connectivity index (χ0v) is 14.0. The maximum Gasteiger partial charge on any atom is 0.220 e. The molecular weight excluding hydrogens is 292 g/mol. The van der Waals surface area contributed by atoms with Crippen molar-refractivity contribution in [2.24, 2.45) is 5.73 Å². The molecule has 0 unspecified atom stereocenters. The molecule has 1 amide bonds. The van der Waals surface area contributed by atoms with E-state index in [1.165, 1.54) is 5.56 Å². The number of nitrogens with one attached hydrogen (secondary N) is 1. The van der Waals surface area contributed by atoms with E-state index in [4.69, 9.17) is 10.5 Å². The lowest BCUT2D eigenvalue weighted by Crippen LogP contribution is -2.25. The zero-order chi connectivity index (χ0) is 16.9. The number of aryl methyl sites for hydroxylation is 1. The van der Waals surface area contributed by atoms with Gasteiger partial charge in [-0.15, -0.1) is 0 Å². The molecule has 23 heavy (non-hydrogen) atoms. The number of nitrogens with two attached hydrogens (primary N) is 1. The van der Waals surface area contributed by atoms with Crippen LogP contribution in [0.15, 0.2) is 24.3 Å². The minimum Gasteiger partial charge on any atom is -0.494 e. The van der Waals surface area contributed by atoms with Crippen molar-refractivity contribution in [3.8, 4) is 5.75 Å². The largest absolute Gasteiger partial charge is 0.494 e. The average molecular weight is 320 g/mol. The molecule has 0 aliphatic carbocycles. The number of unbranched alkanes of at least 4 members (excludes halogenated alkanes) is 1. The maximum atomic E-state index is 11.6. The summed E-state index contributed by atoms with van der Waals surface area (Å²) in [6.45, 7) is 3.81. The molecule has 0 aliphatic heterocycles. The average Bonchev–Trinajstić information content (AvgIpc) is 2.55. The Kier molecular flexibility index (Phi) is 9.71. The number of carbonyl (C=O) groups is 2. The topological polar surface area (TPSA) is 81.4 Å². The van der Waals surface area contributed by atoms with Gasteiger partial charge in [-0.1, -0.05) is 17.7 Å². The minimum absolute atomic E-state index is 0.0643. The van der Waals surface area contributed by atoms with E-state index in [-0.39, 0.29) is 18.1 Å². The van der Waals surface area contributed by atoms with Crippen molar-refractivity contribution >= 4 is 11.7 Å². The molecule has 0 heterocycles. The van der Waals surface area contributed by atoms with E-state index in [9.17, 15) is 9.59 Å². The van der Waals surface area contributed by atoms with Crippen LogP contribution in [0.1, 0.15) is 44.1 Å². The molecule has 5 nitrogen and oxygen atoms in total. The first-order valence-corrected chi connectivity index (χ1v) is 8.29. The first kappa shape index (κ1) is 19.2. The summed E-state index contributed by atoms with van der Waals surface area (Å²) < 4.78 is 5.62. The van der Waals surface area contributed by atoms with Gasteiger partial charge in [0.1, 0.15) is 11.5 Å². The molecule has 0 atom stereocenters. The molecule has 0 saturated carbocycles. The van der Waals surface area contributed by atoms with Crippen LogP contribution in [0.3, 0.4) is 0 Å². The Bertz CT molecular complexity index is 472. The molecule has 1 aromatic carbocycles. The molecule has 0 aromatic heterocycles. The molecule has 1 aromatic rings. The van der Waals surface area contributed by atoms with E-state index in [0.29, 0.717) is 39.0 Å². The molecule has 0 radical (unpaired) electrons. The van der Waals surface area contributed by atoms with Gasteiger partial charge in [0.2, 0.25) is 5.91 Å². The Morgan fingerprint density at radius 1 is 1.04 bits per heavy atom. The summed E-state index contributed by atoms with van der Waals surface area (Å²) >= 11 is 0. The van der Waals surface area contributed by atoms with Crippen molar-refractivity contribution in [3.63, 3.8) is 0 Å².